The zero-order valence-electron chi connectivity index (χ0n) is 11.3. The van der Waals surface area contributed by atoms with Gasteiger partial charge in [-0.3, -0.25) is 9.69 Å². The Morgan fingerprint density at radius 2 is 2.23 bits per heavy atom. The third-order valence-corrected chi connectivity index (χ3v) is 3.89. The van der Waals surface area contributed by atoms with Crippen molar-refractivity contribution in [1.29, 1.82) is 0 Å². The molecule has 1 heterocycles. The van der Waals surface area contributed by atoms with E-state index in [-0.39, 0.29) is 41.3 Å². The first-order valence-electron chi connectivity index (χ1n) is 6.07. The Morgan fingerprint density at radius 3 is 2.91 bits per heavy atom. The Hall–Kier alpha value is -2.15. The van der Waals surface area contributed by atoms with Gasteiger partial charge in [-0.2, -0.15) is 0 Å². The Labute approximate surface area is 136 Å². The zero-order chi connectivity index (χ0) is 16.1. The minimum atomic E-state index is -0.633. The number of benzene rings is 1. The second kappa shape index (κ2) is 7.22. The molecule has 112 valence electrons. The van der Waals surface area contributed by atoms with Crippen molar-refractivity contribution in [2.75, 3.05) is 18.9 Å². The van der Waals surface area contributed by atoms with Crippen molar-refractivity contribution in [3.05, 3.63) is 23.0 Å². The van der Waals surface area contributed by atoms with Gasteiger partial charge in [0.05, 0.1) is 17.3 Å². The van der Waals surface area contributed by atoms with Crippen LogP contribution in [0.2, 0.25) is 5.02 Å². The van der Waals surface area contributed by atoms with Gasteiger partial charge in [-0.1, -0.05) is 35.2 Å². The summed E-state index contributed by atoms with van der Waals surface area (Å²) in [5.74, 6) is 4.30. The number of ether oxygens (including phenoxy) is 1. The van der Waals surface area contributed by atoms with Gasteiger partial charge in [0.25, 0.3) is 0 Å². The zero-order valence-corrected chi connectivity index (χ0v) is 12.9. The van der Waals surface area contributed by atoms with E-state index in [1.165, 1.54) is 22.7 Å². The van der Waals surface area contributed by atoms with Crippen molar-refractivity contribution in [3.8, 4) is 30.4 Å². The molecule has 22 heavy (non-hydrogen) atoms. The van der Waals surface area contributed by atoms with Crippen LogP contribution in [-0.4, -0.2) is 34.9 Å². The van der Waals surface area contributed by atoms with Crippen molar-refractivity contribution >= 4 is 40.1 Å². The van der Waals surface area contributed by atoms with Crippen LogP contribution in [0.25, 0.3) is 0 Å². The summed E-state index contributed by atoms with van der Waals surface area (Å²) in [6.07, 6.45) is 10.3. The molecule has 1 aromatic carbocycles. The summed E-state index contributed by atoms with van der Waals surface area (Å²) in [5, 5.41) is 0.430. The second-order valence-corrected chi connectivity index (χ2v) is 5.44. The van der Waals surface area contributed by atoms with E-state index in [1.807, 2.05) is 0 Å². The topological polar surface area (TPSA) is 41.9 Å². The van der Waals surface area contributed by atoms with E-state index in [2.05, 4.69) is 16.8 Å². The molecular weight excluding hydrogens is 327 g/mol. The highest BCUT2D eigenvalue weighted by Crippen LogP contribution is 2.33. The van der Waals surface area contributed by atoms with E-state index in [0.29, 0.717) is 5.17 Å². The number of aliphatic imine (C=N–C) groups is 1. The van der Waals surface area contributed by atoms with Gasteiger partial charge < -0.3 is 4.74 Å². The molecule has 1 amide bonds. The molecule has 0 radical (unpaired) electrons. The van der Waals surface area contributed by atoms with Gasteiger partial charge in [0.2, 0.25) is 5.91 Å². The van der Waals surface area contributed by atoms with E-state index in [9.17, 15) is 9.18 Å². The Bertz CT molecular complexity index is 721. The van der Waals surface area contributed by atoms with Crippen molar-refractivity contribution in [2.24, 2.45) is 4.99 Å². The summed E-state index contributed by atoms with van der Waals surface area (Å²) >= 11 is 7.07. The highest BCUT2D eigenvalue weighted by atomic mass is 35.5. The Morgan fingerprint density at radius 1 is 1.45 bits per heavy atom. The lowest BCUT2D eigenvalue weighted by Gasteiger charge is -2.12. The van der Waals surface area contributed by atoms with Crippen LogP contribution in [0.5, 0.6) is 5.75 Å². The lowest BCUT2D eigenvalue weighted by Crippen LogP contribution is -2.29. The predicted octanol–water partition coefficient (Wildman–Crippen LogP) is 2.69. The van der Waals surface area contributed by atoms with Crippen molar-refractivity contribution in [1.82, 2.24) is 4.90 Å². The fraction of sp³-hybridized carbons (Fsp3) is 0.200. The van der Waals surface area contributed by atoms with Crippen molar-refractivity contribution < 1.29 is 13.9 Å². The van der Waals surface area contributed by atoms with E-state index in [4.69, 9.17) is 29.2 Å². The van der Waals surface area contributed by atoms with E-state index < -0.39 is 5.82 Å². The largest absolute Gasteiger partial charge is 0.479 e. The minimum Gasteiger partial charge on any atom is -0.479 e. The molecule has 0 N–H and O–H groups in total. The van der Waals surface area contributed by atoms with Crippen molar-refractivity contribution in [2.45, 2.75) is 0 Å². The van der Waals surface area contributed by atoms with E-state index in [1.54, 1.807) is 0 Å². The molecule has 0 bridgehead atoms. The number of hydrogen-bond donors (Lipinski definition) is 0. The fourth-order valence-electron chi connectivity index (χ4n) is 1.67. The van der Waals surface area contributed by atoms with Crippen LogP contribution in [0.4, 0.5) is 10.1 Å². The molecule has 2 rings (SSSR count). The molecule has 1 aliphatic heterocycles. The molecule has 7 heteroatoms. The van der Waals surface area contributed by atoms with Gasteiger partial charge in [0, 0.05) is 6.07 Å². The van der Waals surface area contributed by atoms with Crippen LogP contribution in [-0.2, 0) is 4.79 Å². The summed E-state index contributed by atoms with van der Waals surface area (Å²) in [7, 11) is 0. The maximum atomic E-state index is 14.0. The molecule has 0 saturated carbocycles. The smallest absolute Gasteiger partial charge is 0.239 e. The van der Waals surface area contributed by atoms with Gasteiger partial charge in [-0.25, -0.2) is 9.38 Å². The molecule has 0 unspecified atom stereocenters. The Balaban J connectivity index is 2.36. The standard InChI is InChI=1S/C15H10ClFN2O2S/c1-3-5-19-14(20)9-22-15(19)18-12-8-13(21-6-4-2)10(16)7-11(12)17/h1-2,7-8H,5-6,9H2. The molecule has 0 atom stereocenters. The molecule has 1 aliphatic rings. The highest BCUT2D eigenvalue weighted by molar-refractivity contribution is 8.15. The van der Waals surface area contributed by atoms with E-state index in [0.717, 1.165) is 6.07 Å². The molecule has 1 aromatic rings. The maximum absolute atomic E-state index is 14.0. The summed E-state index contributed by atoms with van der Waals surface area (Å²) in [5.41, 5.74) is -0.00403. The number of rotatable bonds is 4. The molecule has 0 aromatic heterocycles. The lowest BCUT2D eigenvalue weighted by molar-refractivity contribution is -0.123. The predicted molar refractivity (Wildman–Crippen MR) is 85.8 cm³/mol. The number of thioether (sulfide) groups is 1. The summed E-state index contributed by atoms with van der Waals surface area (Å²) in [6, 6.07) is 2.42. The van der Waals surface area contributed by atoms with Crippen LogP contribution < -0.4 is 4.74 Å². The van der Waals surface area contributed by atoms with Crippen LogP contribution in [0.3, 0.4) is 0 Å². The van der Waals surface area contributed by atoms with Crippen LogP contribution in [0.15, 0.2) is 17.1 Å². The molecular formula is C15H10ClFN2O2S. The number of amides is 1. The highest BCUT2D eigenvalue weighted by Gasteiger charge is 2.27. The molecule has 4 nitrogen and oxygen atoms in total. The maximum Gasteiger partial charge on any atom is 0.239 e. The molecule has 0 spiro atoms. The summed E-state index contributed by atoms with van der Waals surface area (Å²) in [4.78, 5) is 17.1. The van der Waals surface area contributed by atoms with Crippen molar-refractivity contribution in [3.63, 3.8) is 0 Å². The summed E-state index contributed by atoms with van der Waals surface area (Å²) in [6.45, 7) is 0.0815. The van der Waals surface area contributed by atoms with Gasteiger partial charge in [-0.15, -0.1) is 12.8 Å². The normalized spacial score (nSPS) is 15.7. The van der Waals surface area contributed by atoms with Gasteiger partial charge >= 0.3 is 0 Å². The number of amidine groups is 1. The van der Waals surface area contributed by atoms with Crippen LogP contribution >= 0.6 is 23.4 Å². The van der Waals surface area contributed by atoms with Gasteiger partial charge in [0.1, 0.15) is 18.0 Å². The third-order valence-electron chi connectivity index (χ3n) is 2.63. The lowest BCUT2D eigenvalue weighted by atomic mass is 10.3. The third kappa shape index (κ3) is 3.54. The average molecular weight is 337 g/mol. The quantitative estimate of drug-likeness (QED) is 0.794. The first-order chi connectivity index (χ1) is 10.6. The molecule has 1 fully saturated rings. The number of carbonyl (C=O) groups is 1. The Kier molecular flexibility index (Phi) is 5.32. The monoisotopic (exact) mass is 336 g/mol. The second-order valence-electron chi connectivity index (χ2n) is 4.09. The number of nitrogens with zero attached hydrogens (tertiary/aromatic N) is 2. The van der Waals surface area contributed by atoms with Gasteiger partial charge in [0.15, 0.2) is 11.0 Å². The number of hydrogen-bond acceptors (Lipinski definition) is 4. The summed E-state index contributed by atoms with van der Waals surface area (Å²) < 4.78 is 19.2. The first kappa shape index (κ1) is 16.2. The molecule has 1 saturated heterocycles. The molecule has 0 aliphatic carbocycles. The van der Waals surface area contributed by atoms with E-state index >= 15 is 0 Å². The average Bonchev–Trinajstić information content (AvgIpc) is 2.82. The van der Waals surface area contributed by atoms with Crippen LogP contribution in [0.1, 0.15) is 0 Å². The number of carbonyl (C=O) groups excluding carboxylic acids is 1. The SMILES string of the molecule is C#CCOc1cc(N=C2SCC(=O)N2CC#C)c(F)cc1Cl. The van der Waals surface area contributed by atoms with Crippen LogP contribution in [0, 0.1) is 30.5 Å². The number of halogens is 2. The van der Waals surface area contributed by atoms with Gasteiger partial charge in [-0.05, 0) is 6.07 Å². The first-order valence-corrected chi connectivity index (χ1v) is 7.43. The minimum absolute atomic E-state index is 0.00216. The number of terminal acetylenes is 2. The fourth-order valence-corrected chi connectivity index (χ4v) is 2.76.